The number of hydrogen-bond donors (Lipinski definition) is 0. The summed E-state index contributed by atoms with van der Waals surface area (Å²) >= 11 is 5.53. The van der Waals surface area contributed by atoms with Gasteiger partial charge in [0.15, 0.2) is 5.78 Å². The van der Waals surface area contributed by atoms with Crippen molar-refractivity contribution < 1.29 is 18.7 Å². The highest BCUT2D eigenvalue weighted by Gasteiger charge is 2.16. The number of methoxy groups -OCH3 is 1. The maximum Gasteiger partial charge on any atom is 0.305 e. The SMILES string of the molecule is COC(=O)CC(C)CC(=O)c1ccc(Cl)c(F)c1. The van der Waals surface area contributed by atoms with Crippen molar-refractivity contribution in [3.8, 4) is 0 Å². The third-order valence-corrected chi connectivity index (χ3v) is 2.82. The average molecular weight is 273 g/mol. The van der Waals surface area contributed by atoms with Gasteiger partial charge in [0.2, 0.25) is 0 Å². The molecule has 0 saturated heterocycles. The summed E-state index contributed by atoms with van der Waals surface area (Å²) in [5, 5.41) is -0.0193. The Labute approximate surface area is 110 Å². The summed E-state index contributed by atoms with van der Waals surface area (Å²) in [5.41, 5.74) is 0.258. The van der Waals surface area contributed by atoms with E-state index in [9.17, 15) is 14.0 Å². The van der Waals surface area contributed by atoms with Crippen molar-refractivity contribution in [2.45, 2.75) is 19.8 Å². The lowest BCUT2D eigenvalue weighted by atomic mass is 9.97. The highest BCUT2D eigenvalue weighted by Crippen LogP contribution is 2.19. The van der Waals surface area contributed by atoms with Crippen LogP contribution in [0, 0.1) is 11.7 Å². The largest absolute Gasteiger partial charge is 0.469 e. The molecule has 0 heterocycles. The van der Waals surface area contributed by atoms with Gasteiger partial charge < -0.3 is 4.74 Å². The highest BCUT2D eigenvalue weighted by atomic mass is 35.5. The predicted octanol–water partition coefficient (Wildman–Crippen LogP) is 3.25. The molecule has 0 aliphatic rings. The highest BCUT2D eigenvalue weighted by molar-refractivity contribution is 6.30. The van der Waals surface area contributed by atoms with Gasteiger partial charge in [-0.2, -0.15) is 0 Å². The standard InChI is InChI=1S/C13H14ClFO3/c1-8(6-13(17)18-2)5-12(16)9-3-4-10(14)11(15)7-9/h3-4,7-8H,5-6H2,1-2H3. The molecule has 0 aliphatic heterocycles. The van der Waals surface area contributed by atoms with Crippen LogP contribution < -0.4 is 0 Å². The van der Waals surface area contributed by atoms with Gasteiger partial charge in [-0.3, -0.25) is 9.59 Å². The number of hydrogen-bond acceptors (Lipinski definition) is 3. The summed E-state index contributed by atoms with van der Waals surface area (Å²) in [4.78, 5) is 22.9. The summed E-state index contributed by atoms with van der Waals surface area (Å²) in [6.07, 6.45) is 0.328. The Morgan fingerprint density at radius 3 is 2.61 bits per heavy atom. The topological polar surface area (TPSA) is 43.4 Å². The molecule has 1 aromatic rings. The Bertz CT molecular complexity index is 460. The first-order chi connectivity index (χ1) is 8.43. The van der Waals surface area contributed by atoms with E-state index in [0.29, 0.717) is 0 Å². The summed E-state index contributed by atoms with van der Waals surface area (Å²) in [7, 11) is 1.30. The predicted molar refractivity (Wildman–Crippen MR) is 66.2 cm³/mol. The number of halogens is 2. The summed E-state index contributed by atoms with van der Waals surface area (Å²) < 4.78 is 17.7. The van der Waals surface area contributed by atoms with E-state index in [1.54, 1.807) is 6.92 Å². The van der Waals surface area contributed by atoms with Gasteiger partial charge in [0.1, 0.15) is 5.82 Å². The third kappa shape index (κ3) is 4.11. The minimum atomic E-state index is -0.622. The lowest BCUT2D eigenvalue weighted by molar-refractivity contribution is -0.141. The summed E-state index contributed by atoms with van der Waals surface area (Å²) in [5.74, 6) is -1.36. The van der Waals surface area contributed by atoms with Gasteiger partial charge in [-0.15, -0.1) is 0 Å². The molecule has 5 heteroatoms. The fourth-order valence-electron chi connectivity index (χ4n) is 1.54. The van der Waals surface area contributed by atoms with Crippen LogP contribution >= 0.6 is 11.6 Å². The van der Waals surface area contributed by atoms with Crippen LogP contribution in [0.1, 0.15) is 30.1 Å². The fourth-order valence-corrected chi connectivity index (χ4v) is 1.66. The van der Waals surface area contributed by atoms with E-state index >= 15 is 0 Å². The zero-order valence-electron chi connectivity index (χ0n) is 10.2. The molecule has 98 valence electrons. The van der Waals surface area contributed by atoms with Gasteiger partial charge >= 0.3 is 5.97 Å². The molecule has 0 bridgehead atoms. The molecule has 1 rings (SSSR count). The Hall–Kier alpha value is -1.42. The summed E-state index contributed by atoms with van der Waals surface area (Å²) in [6.45, 7) is 1.76. The van der Waals surface area contributed by atoms with E-state index in [0.717, 1.165) is 6.07 Å². The molecule has 0 aliphatic carbocycles. The van der Waals surface area contributed by atoms with Crippen LogP contribution in [0.4, 0.5) is 4.39 Å². The van der Waals surface area contributed by atoms with Crippen LogP contribution in [0.2, 0.25) is 5.02 Å². The third-order valence-electron chi connectivity index (χ3n) is 2.52. The normalized spacial score (nSPS) is 12.0. The lowest BCUT2D eigenvalue weighted by Gasteiger charge is -2.09. The average Bonchev–Trinajstić information content (AvgIpc) is 2.32. The first-order valence-electron chi connectivity index (χ1n) is 5.49. The number of esters is 1. The second-order valence-electron chi connectivity index (χ2n) is 4.14. The smallest absolute Gasteiger partial charge is 0.305 e. The fraction of sp³-hybridized carbons (Fsp3) is 0.385. The number of carbonyl (C=O) groups is 2. The molecule has 0 fully saturated rings. The first kappa shape index (κ1) is 14.6. The minimum Gasteiger partial charge on any atom is -0.469 e. The Morgan fingerprint density at radius 1 is 1.39 bits per heavy atom. The lowest BCUT2D eigenvalue weighted by Crippen LogP contribution is -2.12. The number of ether oxygens (including phenoxy) is 1. The van der Waals surface area contributed by atoms with Crippen LogP contribution in [0.3, 0.4) is 0 Å². The van der Waals surface area contributed by atoms with Crippen molar-refractivity contribution in [3.05, 3.63) is 34.6 Å². The Kier molecular flexibility index (Phi) is 5.28. The molecule has 1 atom stereocenters. The first-order valence-corrected chi connectivity index (χ1v) is 5.87. The van der Waals surface area contributed by atoms with Crippen LogP contribution in [0.5, 0.6) is 0 Å². The molecular formula is C13H14ClFO3. The molecule has 1 aromatic carbocycles. The van der Waals surface area contributed by atoms with Crippen LogP contribution in [-0.2, 0) is 9.53 Å². The van der Waals surface area contributed by atoms with Crippen molar-refractivity contribution in [1.29, 1.82) is 0 Å². The van der Waals surface area contributed by atoms with Crippen molar-refractivity contribution in [2.75, 3.05) is 7.11 Å². The summed E-state index contributed by atoms with van der Waals surface area (Å²) in [6, 6.07) is 3.92. The van der Waals surface area contributed by atoms with Gasteiger partial charge in [-0.25, -0.2) is 4.39 Å². The van der Waals surface area contributed by atoms with E-state index in [1.165, 1.54) is 19.2 Å². The molecule has 1 unspecified atom stereocenters. The molecule has 0 saturated carbocycles. The minimum absolute atomic E-state index is 0.0193. The maximum atomic E-state index is 13.2. The second-order valence-corrected chi connectivity index (χ2v) is 4.55. The number of rotatable bonds is 5. The van der Waals surface area contributed by atoms with Gasteiger partial charge in [-0.1, -0.05) is 18.5 Å². The number of Topliss-reactive ketones (excluding diaryl/α,β-unsaturated/α-hetero) is 1. The molecule has 3 nitrogen and oxygen atoms in total. The van der Waals surface area contributed by atoms with Crippen molar-refractivity contribution in [1.82, 2.24) is 0 Å². The van der Waals surface area contributed by atoms with Crippen molar-refractivity contribution >= 4 is 23.4 Å². The quantitative estimate of drug-likeness (QED) is 0.610. The molecule has 0 radical (unpaired) electrons. The van der Waals surface area contributed by atoms with Crippen LogP contribution in [-0.4, -0.2) is 18.9 Å². The zero-order valence-corrected chi connectivity index (χ0v) is 11.0. The van der Waals surface area contributed by atoms with Gasteiger partial charge in [0.25, 0.3) is 0 Å². The molecular weight excluding hydrogens is 259 g/mol. The molecule has 0 aromatic heterocycles. The Balaban J connectivity index is 2.64. The zero-order chi connectivity index (χ0) is 13.7. The maximum absolute atomic E-state index is 13.2. The number of benzene rings is 1. The number of ketones is 1. The van der Waals surface area contributed by atoms with E-state index in [-0.39, 0.29) is 41.1 Å². The number of carbonyl (C=O) groups excluding carboxylic acids is 2. The van der Waals surface area contributed by atoms with Crippen molar-refractivity contribution in [3.63, 3.8) is 0 Å². The second kappa shape index (κ2) is 6.50. The van der Waals surface area contributed by atoms with Gasteiger partial charge in [-0.05, 0) is 24.1 Å². The van der Waals surface area contributed by atoms with Crippen LogP contribution in [0.15, 0.2) is 18.2 Å². The van der Waals surface area contributed by atoms with Gasteiger partial charge in [0.05, 0.1) is 12.1 Å². The van der Waals surface area contributed by atoms with E-state index in [4.69, 9.17) is 11.6 Å². The van der Waals surface area contributed by atoms with Crippen molar-refractivity contribution in [2.24, 2.45) is 5.92 Å². The van der Waals surface area contributed by atoms with E-state index in [2.05, 4.69) is 4.74 Å². The molecule has 18 heavy (non-hydrogen) atoms. The van der Waals surface area contributed by atoms with E-state index in [1.807, 2.05) is 0 Å². The molecule has 0 N–H and O–H groups in total. The Morgan fingerprint density at radius 2 is 2.06 bits per heavy atom. The van der Waals surface area contributed by atoms with Gasteiger partial charge in [0, 0.05) is 18.4 Å². The van der Waals surface area contributed by atoms with E-state index < -0.39 is 5.82 Å². The molecule has 0 amide bonds. The molecule has 0 spiro atoms. The van der Waals surface area contributed by atoms with Crippen LogP contribution in [0.25, 0.3) is 0 Å². The monoisotopic (exact) mass is 272 g/mol.